The summed E-state index contributed by atoms with van der Waals surface area (Å²) in [7, 11) is 0. The molecule has 12 heteroatoms. The van der Waals surface area contributed by atoms with Crippen LogP contribution in [-0.4, -0.2) is 72.2 Å². The Hall–Kier alpha value is -5.23. The summed E-state index contributed by atoms with van der Waals surface area (Å²) in [5.74, 6) is 0.777. The predicted molar refractivity (Wildman–Crippen MR) is 175 cm³/mol. The molecule has 1 amide bonds. The van der Waals surface area contributed by atoms with Crippen LogP contribution in [0, 0.1) is 11.7 Å². The van der Waals surface area contributed by atoms with Gasteiger partial charge in [0.1, 0.15) is 29.4 Å². The average Bonchev–Trinajstić information content (AvgIpc) is 3.80. The zero-order chi connectivity index (χ0) is 31.6. The van der Waals surface area contributed by atoms with E-state index in [0.29, 0.717) is 58.4 Å². The highest BCUT2D eigenvalue weighted by Crippen LogP contribution is 2.33. The van der Waals surface area contributed by atoms with Crippen LogP contribution in [0.3, 0.4) is 0 Å². The fourth-order valence-corrected chi connectivity index (χ4v) is 5.85. The number of nitrogens with zero attached hydrogens (tertiary/aromatic N) is 6. The van der Waals surface area contributed by atoms with E-state index in [-0.39, 0.29) is 17.6 Å². The number of benzene rings is 1. The molecule has 0 aliphatic carbocycles. The van der Waals surface area contributed by atoms with Gasteiger partial charge < -0.3 is 15.0 Å². The van der Waals surface area contributed by atoms with Crippen molar-refractivity contribution in [2.45, 2.75) is 33.1 Å². The third-order valence-corrected chi connectivity index (χ3v) is 8.03. The SMILES string of the molecule is CC(C)CC(=O)Nc1cncc(-c2cnc3[nH]nc(-c4nc5c(-c6cc(F)cc(OCCN7CCCC7)c6)ccnc5[nH]4)c3c2)c1. The summed E-state index contributed by atoms with van der Waals surface area (Å²) in [5, 5.41) is 11.2. The Kier molecular flexibility index (Phi) is 8.10. The van der Waals surface area contributed by atoms with Gasteiger partial charge in [-0.05, 0) is 67.7 Å². The number of nitrogens with one attached hydrogen (secondary N) is 3. The number of fused-ring (bicyclic) bond motifs is 2. The first kappa shape index (κ1) is 29.5. The molecule has 0 spiro atoms. The molecule has 234 valence electrons. The van der Waals surface area contributed by atoms with E-state index in [1.807, 2.05) is 38.1 Å². The van der Waals surface area contributed by atoms with Crippen molar-refractivity contribution in [1.82, 2.24) is 40.0 Å². The van der Waals surface area contributed by atoms with Crippen LogP contribution in [0.1, 0.15) is 33.1 Å². The van der Waals surface area contributed by atoms with Gasteiger partial charge >= 0.3 is 0 Å². The fraction of sp³-hybridized carbons (Fsp3) is 0.294. The van der Waals surface area contributed by atoms with Crippen LogP contribution < -0.4 is 10.1 Å². The lowest BCUT2D eigenvalue weighted by molar-refractivity contribution is -0.116. The van der Waals surface area contributed by atoms with Crippen molar-refractivity contribution in [2.75, 3.05) is 31.6 Å². The van der Waals surface area contributed by atoms with E-state index in [2.05, 4.69) is 40.3 Å². The van der Waals surface area contributed by atoms with Crippen LogP contribution in [0.15, 0.2) is 61.2 Å². The Morgan fingerprint density at radius 2 is 1.87 bits per heavy atom. The second-order valence-electron chi connectivity index (χ2n) is 12.0. The van der Waals surface area contributed by atoms with E-state index in [4.69, 9.17) is 9.72 Å². The first-order valence-electron chi connectivity index (χ1n) is 15.5. The molecule has 1 fully saturated rings. The van der Waals surface area contributed by atoms with Crippen molar-refractivity contribution >= 4 is 33.8 Å². The summed E-state index contributed by atoms with van der Waals surface area (Å²) in [6.45, 7) is 7.48. The number of amides is 1. The molecule has 6 heterocycles. The van der Waals surface area contributed by atoms with Crippen LogP contribution in [0.25, 0.3) is 56.0 Å². The zero-order valence-electron chi connectivity index (χ0n) is 25.7. The van der Waals surface area contributed by atoms with E-state index in [9.17, 15) is 9.18 Å². The van der Waals surface area contributed by atoms with Gasteiger partial charge in [-0.1, -0.05) is 13.8 Å². The molecule has 11 nitrogen and oxygen atoms in total. The standard InChI is InChI=1S/C34H34FN9O2/c1-20(2)11-29(45)39-25-13-22(17-36-19-25)23-15-28-31(42-43-32(28)38-18-23)34-40-30-27(5-6-37-33(30)41-34)21-12-24(35)16-26(14-21)46-10-9-44-7-3-4-8-44/h5-6,12-20H,3-4,7-11H2,1-2H3,(H,39,45)(H,37,40,41)(H,38,42,43). The summed E-state index contributed by atoms with van der Waals surface area (Å²) >= 11 is 0. The molecule has 6 aromatic rings. The van der Waals surface area contributed by atoms with Gasteiger partial charge in [-0.15, -0.1) is 0 Å². The second kappa shape index (κ2) is 12.6. The van der Waals surface area contributed by atoms with Gasteiger partial charge in [-0.25, -0.2) is 19.3 Å². The lowest BCUT2D eigenvalue weighted by atomic mass is 10.1. The van der Waals surface area contributed by atoms with E-state index >= 15 is 0 Å². The van der Waals surface area contributed by atoms with Crippen molar-refractivity contribution in [3.63, 3.8) is 0 Å². The van der Waals surface area contributed by atoms with Crippen LogP contribution >= 0.6 is 0 Å². The maximum absolute atomic E-state index is 14.8. The lowest BCUT2D eigenvalue weighted by Gasteiger charge is -2.15. The van der Waals surface area contributed by atoms with E-state index < -0.39 is 0 Å². The Morgan fingerprint density at radius 1 is 1.02 bits per heavy atom. The molecular formula is C34H34FN9O2. The molecule has 1 aliphatic heterocycles. The minimum Gasteiger partial charge on any atom is -0.492 e. The number of imidazole rings is 1. The quantitative estimate of drug-likeness (QED) is 0.164. The molecule has 0 saturated carbocycles. The fourth-order valence-electron chi connectivity index (χ4n) is 5.85. The van der Waals surface area contributed by atoms with Crippen molar-refractivity contribution in [2.24, 2.45) is 5.92 Å². The second-order valence-corrected chi connectivity index (χ2v) is 12.0. The number of pyridine rings is 3. The highest BCUT2D eigenvalue weighted by atomic mass is 19.1. The largest absolute Gasteiger partial charge is 0.492 e. The van der Waals surface area contributed by atoms with Gasteiger partial charge in [0.25, 0.3) is 0 Å². The molecule has 7 rings (SSSR count). The van der Waals surface area contributed by atoms with Crippen LogP contribution in [0.4, 0.5) is 10.1 Å². The monoisotopic (exact) mass is 619 g/mol. The number of ether oxygens (including phenoxy) is 1. The summed E-state index contributed by atoms with van der Waals surface area (Å²) < 4.78 is 20.7. The van der Waals surface area contributed by atoms with Crippen LogP contribution in [-0.2, 0) is 4.79 Å². The average molecular weight is 620 g/mol. The maximum atomic E-state index is 14.8. The zero-order valence-corrected chi connectivity index (χ0v) is 25.7. The van der Waals surface area contributed by atoms with Gasteiger partial charge in [-0.3, -0.25) is 19.8 Å². The van der Waals surface area contributed by atoms with Gasteiger partial charge in [0.05, 0.1) is 17.3 Å². The number of aromatic amines is 2. The number of anilines is 1. The van der Waals surface area contributed by atoms with Gasteiger partial charge in [0.2, 0.25) is 5.91 Å². The third kappa shape index (κ3) is 6.29. The van der Waals surface area contributed by atoms with Crippen LogP contribution in [0.5, 0.6) is 5.75 Å². The molecular weight excluding hydrogens is 585 g/mol. The van der Waals surface area contributed by atoms with Gasteiger partial charge in [0, 0.05) is 54.3 Å². The molecule has 0 bridgehead atoms. The number of hydrogen-bond acceptors (Lipinski definition) is 8. The van der Waals surface area contributed by atoms with E-state index in [1.54, 1.807) is 24.8 Å². The Bertz CT molecular complexity index is 2030. The molecule has 1 aromatic carbocycles. The lowest BCUT2D eigenvalue weighted by Crippen LogP contribution is -2.25. The predicted octanol–water partition coefficient (Wildman–Crippen LogP) is 6.22. The highest BCUT2D eigenvalue weighted by molar-refractivity contribution is 5.96. The van der Waals surface area contributed by atoms with Gasteiger partial charge in [0.15, 0.2) is 17.1 Å². The summed E-state index contributed by atoms with van der Waals surface area (Å²) in [5.41, 5.74) is 5.85. The molecule has 1 aliphatic rings. The molecule has 3 N–H and O–H groups in total. The molecule has 0 atom stereocenters. The Labute approximate surface area is 264 Å². The number of likely N-dealkylation sites (tertiary alicyclic amines) is 1. The first-order valence-corrected chi connectivity index (χ1v) is 15.5. The molecule has 46 heavy (non-hydrogen) atoms. The normalized spacial score (nSPS) is 13.7. The summed E-state index contributed by atoms with van der Waals surface area (Å²) in [6, 6.07) is 10.4. The number of hydrogen-bond donors (Lipinski definition) is 3. The van der Waals surface area contributed by atoms with Crippen molar-refractivity contribution in [1.29, 1.82) is 0 Å². The molecule has 0 unspecified atom stereocenters. The first-order chi connectivity index (χ1) is 22.4. The van der Waals surface area contributed by atoms with Crippen molar-refractivity contribution in [3.8, 4) is 39.5 Å². The number of aromatic nitrogens is 7. The van der Waals surface area contributed by atoms with Crippen molar-refractivity contribution in [3.05, 3.63) is 67.0 Å². The number of rotatable bonds is 10. The molecule has 5 aromatic heterocycles. The van der Waals surface area contributed by atoms with Crippen LogP contribution in [0.2, 0.25) is 0 Å². The minimum absolute atomic E-state index is 0.0583. The third-order valence-electron chi connectivity index (χ3n) is 8.03. The highest BCUT2D eigenvalue weighted by Gasteiger charge is 2.18. The summed E-state index contributed by atoms with van der Waals surface area (Å²) in [4.78, 5) is 36.2. The van der Waals surface area contributed by atoms with E-state index in [0.717, 1.165) is 41.7 Å². The maximum Gasteiger partial charge on any atom is 0.224 e. The Morgan fingerprint density at radius 3 is 2.72 bits per heavy atom. The minimum atomic E-state index is -0.385. The summed E-state index contributed by atoms with van der Waals surface area (Å²) in [6.07, 6.45) is 9.60. The number of carbonyl (C=O) groups is 1. The smallest absolute Gasteiger partial charge is 0.224 e. The number of halogens is 1. The Balaban J connectivity index is 1.18. The topological polar surface area (TPSA) is 138 Å². The molecule has 0 radical (unpaired) electrons. The molecule has 1 saturated heterocycles. The van der Waals surface area contributed by atoms with Crippen molar-refractivity contribution < 1.29 is 13.9 Å². The number of carbonyl (C=O) groups excluding carboxylic acids is 1. The number of H-pyrrole nitrogens is 2. The van der Waals surface area contributed by atoms with Gasteiger partial charge in [-0.2, -0.15) is 5.10 Å². The van der Waals surface area contributed by atoms with E-state index in [1.165, 1.54) is 25.0 Å².